The lowest BCUT2D eigenvalue weighted by atomic mass is 9.70. The number of aryl methyl sites for hydroxylation is 2. The van der Waals surface area contributed by atoms with Crippen LogP contribution in [0.4, 0.5) is 0 Å². The molecule has 0 aromatic heterocycles. The molecule has 0 radical (unpaired) electrons. The lowest BCUT2D eigenvalue weighted by Crippen LogP contribution is -2.26. The molecule has 164 valence electrons. The molecule has 0 heteroatoms. The molecule has 0 saturated heterocycles. The fourth-order valence-electron chi connectivity index (χ4n) is 6.01. The Morgan fingerprint density at radius 3 is 1.94 bits per heavy atom. The Morgan fingerprint density at radius 1 is 0.645 bits per heavy atom. The zero-order chi connectivity index (χ0) is 21.8. The van der Waals surface area contributed by atoms with E-state index in [1.165, 1.54) is 97.2 Å². The van der Waals surface area contributed by atoms with Crippen molar-refractivity contribution in [3.8, 4) is 11.1 Å². The zero-order valence-corrected chi connectivity index (χ0v) is 20.2. The van der Waals surface area contributed by atoms with E-state index in [-0.39, 0.29) is 5.41 Å². The third-order valence-electron chi connectivity index (χ3n) is 7.64. The Hall–Kier alpha value is -2.08. The fourth-order valence-corrected chi connectivity index (χ4v) is 6.01. The topological polar surface area (TPSA) is 0 Å². The lowest BCUT2D eigenvalue weighted by molar-refractivity contribution is 0.401. The molecule has 3 aromatic rings. The van der Waals surface area contributed by atoms with Gasteiger partial charge in [0.25, 0.3) is 0 Å². The minimum atomic E-state index is 0.187. The molecule has 0 spiro atoms. The number of hydrogen-bond donors (Lipinski definition) is 0. The normalized spacial score (nSPS) is 14.1. The number of fused-ring (bicyclic) bond motifs is 5. The van der Waals surface area contributed by atoms with Gasteiger partial charge in [-0.1, -0.05) is 119 Å². The van der Waals surface area contributed by atoms with Gasteiger partial charge in [0.1, 0.15) is 0 Å². The van der Waals surface area contributed by atoms with Crippen LogP contribution in [0.3, 0.4) is 0 Å². The van der Waals surface area contributed by atoms with E-state index in [0.29, 0.717) is 0 Å². The molecule has 0 aliphatic heterocycles. The Labute approximate surface area is 190 Å². The average Bonchev–Trinajstić information content (AvgIpc) is 3.04. The number of hydrogen-bond acceptors (Lipinski definition) is 0. The largest absolute Gasteiger partial charge is 0.0654 e. The maximum Gasteiger partial charge on any atom is 0.0215 e. The van der Waals surface area contributed by atoms with Gasteiger partial charge in [-0.15, -0.1) is 0 Å². The molecule has 0 amide bonds. The highest BCUT2D eigenvalue weighted by Gasteiger charge is 2.43. The van der Waals surface area contributed by atoms with Crippen LogP contribution in [-0.4, -0.2) is 0 Å². The highest BCUT2D eigenvalue weighted by molar-refractivity contribution is 6.04. The van der Waals surface area contributed by atoms with Crippen LogP contribution >= 0.6 is 0 Å². The van der Waals surface area contributed by atoms with Crippen LogP contribution in [0.5, 0.6) is 0 Å². The molecule has 0 fully saturated rings. The van der Waals surface area contributed by atoms with Crippen LogP contribution in [0, 0.1) is 13.8 Å². The summed E-state index contributed by atoms with van der Waals surface area (Å²) >= 11 is 0. The summed E-state index contributed by atoms with van der Waals surface area (Å²) in [7, 11) is 0. The van der Waals surface area contributed by atoms with Crippen molar-refractivity contribution in [2.75, 3.05) is 0 Å². The summed E-state index contributed by atoms with van der Waals surface area (Å²) in [6.07, 6.45) is 13.3. The van der Waals surface area contributed by atoms with Gasteiger partial charge in [0.2, 0.25) is 0 Å². The second-order valence-electron chi connectivity index (χ2n) is 9.91. The Balaban J connectivity index is 1.90. The molecule has 0 saturated carbocycles. The molecular formula is C31H40. The molecule has 31 heavy (non-hydrogen) atoms. The number of unbranched alkanes of at least 4 members (excludes halogenated alkanes) is 6. The number of rotatable bonds is 10. The van der Waals surface area contributed by atoms with Crippen LogP contribution in [0.1, 0.15) is 100 Å². The molecule has 0 bridgehead atoms. The van der Waals surface area contributed by atoms with Crippen LogP contribution in [0.15, 0.2) is 48.5 Å². The molecule has 0 N–H and O–H groups in total. The standard InChI is InChI=1S/C31H40/c1-5-7-9-13-19-31(20-14-10-8-6-2)28-21-23(3)17-18-27(28)30-26-16-12-11-15-25(26)24(4)22-29(30)31/h11-12,15-18,21-22H,5-10,13-14,19-20H2,1-4H3. The van der Waals surface area contributed by atoms with Crippen LogP contribution < -0.4 is 0 Å². The van der Waals surface area contributed by atoms with E-state index in [0.717, 1.165) is 0 Å². The van der Waals surface area contributed by atoms with Crippen molar-refractivity contribution in [2.45, 2.75) is 97.3 Å². The maximum absolute atomic E-state index is 2.56. The highest BCUT2D eigenvalue weighted by Crippen LogP contribution is 2.56. The third kappa shape index (κ3) is 4.07. The van der Waals surface area contributed by atoms with Crippen LogP contribution in [0.25, 0.3) is 21.9 Å². The predicted molar refractivity (Wildman–Crippen MR) is 137 cm³/mol. The van der Waals surface area contributed by atoms with Crippen molar-refractivity contribution in [3.05, 3.63) is 70.8 Å². The lowest BCUT2D eigenvalue weighted by Gasteiger charge is -2.33. The SMILES string of the molecule is CCCCCCC1(CCCCCC)c2cc(C)ccc2-c2c1cc(C)c1ccccc21. The van der Waals surface area contributed by atoms with E-state index in [1.807, 2.05) is 0 Å². The van der Waals surface area contributed by atoms with Crippen molar-refractivity contribution in [3.63, 3.8) is 0 Å². The Morgan fingerprint density at radius 2 is 1.29 bits per heavy atom. The second-order valence-corrected chi connectivity index (χ2v) is 9.91. The van der Waals surface area contributed by atoms with Gasteiger partial charge in [0, 0.05) is 5.41 Å². The van der Waals surface area contributed by atoms with Crippen molar-refractivity contribution in [1.82, 2.24) is 0 Å². The van der Waals surface area contributed by atoms with Crippen molar-refractivity contribution < 1.29 is 0 Å². The average molecular weight is 413 g/mol. The van der Waals surface area contributed by atoms with Gasteiger partial charge in [-0.3, -0.25) is 0 Å². The minimum Gasteiger partial charge on any atom is -0.0654 e. The van der Waals surface area contributed by atoms with Gasteiger partial charge < -0.3 is 0 Å². The molecule has 1 aliphatic rings. The maximum atomic E-state index is 2.56. The van der Waals surface area contributed by atoms with Gasteiger partial charge in [-0.25, -0.2) is 0 Å². The molecule has 3 aromatic carbocycles. The monoisotopic (exact) mass is 412 g/mol. The van der Waals surface area contributed by atoms with E-state index in [4.69, 9.17) is 0 Å². The van der Waals surface area contributed by atoms with E-state index < -0.39 is 0 Å². The fraction of sp³-hybridized carbons (Fsp3) is 0.484. The van der Waals surface area contributed by atoms with E-state index in [1.54, 1.807) is 11.1 Å². The second kappa shape index (κ2) is 9.60. The molecular weight excluding hydrogens is 372 g/mol. The zero-order valence-electron chi connectivity index (χ0n) is 20.2. The quantitative estimate of drug-likeness (QED) is 0.291. The Bertz CT molecular complexity index is 1030. The van der Waals surface area contributed by atoms with Gasteiger partial charge in [0.15, 0.2) is 0 Å². The third-order valence-corrected chi connectivity index (χ3v) is 7.64. The van der Waals surface area contributed by atoms with Crippen molar-refractivity contribution in [2.24, 2.45) is 0 Å². The number of benzene rings is 3. The Kier molecular flexibility index (Phi) is 6.85. The summed E-state index contributed by atoms with van der Waals surface area (Å²) in [5, 5.41) is 2.87. The minimum absolute atomic E-state index is 0.187. The highest BCUT2D eigenvalue weighted by atomic mass is 14.5. The first kappa shape index (κ1) is 22.1. The van der Waals surface area contributed by atoms with Crippen molar-refractivity contribution >= 4 is 10.8 Å². The molecule has 0 nitrogen and oxygen atoms in total. The van der Waals surface area contributed by atoms with Gasteiger partial charge >= 0.3 is 0 Å². The summed E-state index contributed by atoms with van der Waals surface area (Å²) < 4.78 is 0. The summed E-state index contributed by atoms with van der Waals surface area (Å²) in [6, 6.07) is 18.9. The molecule has 0 heterocycles. The molecule has 0 unspecified atom stereocenters. The first-order valence-electron chi connectivity index (χ1n) is 12.8. The van der Waals surface area contributed by atoms with E-state index in [9.17, 15) is 0 Å². The van der Waals surface area contributed by atoms with Crippen LogP contribution in [-0.2, 0) is 5.41 Å². The van der Waals surface area contributed by atoms with Gasteiger partial charge in [-0.05, 0) is 65.3 Å². The smallest absolute Gasteiger partial charge is 0.0215 e. The van der Waals surface area contributed by atoms with Crippen LogP contribution in [0.2, 0.25) is 0 Å². The van der Waals surface area contributed by atoms with E-state index in [2.05, 4.69) is 76.2 Å². The molecule has 0 atom stereocenters. The first-order valence-corrected chi connectivity index (χ1v) is 12.8. The summed E-state index contributed by atoms with van der Waals surface area (Å²) in [6.45, 7) is 9.22. The van der Waals surface area contributed by atoms with Crippen molar-refractivity contribution in [1.29, 1.82) is 0 Å². The summed E-state index contributed by atoms with van der Waals surface area (Å²) in [5.74, 6) is 0. The molecule has 4 rings (SSSR count). The van der Waals surface area contributed by atoms with Gasteiger partial charge in [-0.2, -0.15) is 0 Å². The van der Waals surface area contributed by atoms with E-state index >= 15 is 0 Å². The first-order chi connectivity index (χ1) is 15.1. The predicted octanol–water partition coefficient (Wildman–Crippen LogP) is 9.66. The van der Waals surface area contributed by atoms with Gasteiger partial charge in [0.05, 0.1) is 0 Å². The summed E-state index contributed by atoms with van der Waals surface area (Å²) in [5.41, 5.74) is 9.30. The summed E-state index contributed by atoms with van der Waals surface area (Å²) in [4.78, 5) is 0. The molecule has 1 aliphatic carbocycles.